The van der Waals surface area contributed by atoms with Gasteiger partial charge >= 0.3 is 18.1 Å². The molecule has 0 spiro atoms. The Morgan fingerprint density at radius 1 is 0.575 bits per heavy atom. The molecule has 0 aromatic heterocycles. The van der Waals surface area contributed by atoms with Crippen LogP contribution in [0.2, 0.25) is 0 Å². The summed E-state index contributed by atoms with van der Waals surface area (Å²) >= 11 is 0. The van der Waals surface area contributed by atoms with Crippen molar-refractivity contribution >= 4 is 11.9 Å². The molecule has 4 aromatic carbocycles. The first-order valence-corrected chi connectivity index (χ1v) is 12.9. The Labute approximate surface area is 231 Å². The van der Waals surface area contributed by atoms with Crippen LogP contribution in [0.3, 0.4) is 0 Å². The summed E-state index contributed by atoms with van der Waals surface area (Å²) in [7, 11) is 0. The van der Waals surface area contributed by atoms with Crippen LogP contribution in [0.25, 0.3) is 0 Å². The molecule has 0 fully saturated rings. The molecule has 4 rings (SSSR count). The molecule has 40 heavy (non-hydrogen) atoms. The normalized spacial score (nSPS) is 11.7. The molecule has 0 N–H and O–H groups in total. The van der Waals surface area contributed by atoms with Crippen molar-refractivity contribution in [3.05, 3.63) is 130 Å². The van der Waals surface area contributed by atoms with Gasteiger partial charge in [0.1, 0.15) is 16.9 Å². The van der Waals surface area contributed by atoms with Gasteiger partial charge in [-0.3, -0.25) is 0 Å². The van der Waals surface area contributed by atoms with Gasteiger partial charge in [0.05, 0.1) is 11.1 Å². The van der Waals surface area contributed by atoms with Gasteiger partial charge in [-0.05, 0) is 90.6 Å². The van der Waals surface area contributed by atoms with Crippen molar-refractivity contribution in [1.29, 1.82) is 0 Å². The molecule has 0 saturated carbocycles. The maximum atomic E-state index is 14.5. The van der Waals surface area contributed by atoms with Crippen LogP contribution < -0.4 is 9.47 Å². The summed E-state index contributed by atoms with van der Waals surface area (Å²) in [6.07, 6.45) is -2.99. The topological polar surface area (TPSA) is 52.6 Å². The molecule has 0 atom stereocenters. The van der Waals surface area contributed by atoms with Crippen molar-refractivity contribution < 1.29 is 32.2 Å². The summed E-state index contributed by atoms with van der Waals surface area (Å²) < 4.78 is 54.2. The van der Waals surface area contributed by atoms with E-state index in [0.717, 1.165) is 30.9 Å². The van der Waals surface area contributed by atoms with E-state index < -0.39 is 23.5 Å². The van der Waals surface area contributed by atoms with Crippen LogP contribution in [0.1, 0.15) is 63.7 Å². The Bertz CT molecular complexity index is 1350. The lowest BCUT2D eigenvalue weighted by molar-refractivity contribution is -0.173. The van der Waals surface area contributed by atoms with Gasteiger partial charge in [-0.2, -0.15) is 13.2 Å². The van der Waals surface area contributed by atoms with E-state index in [1.165, 1.54) is 48.5 Å². The van der Waals surface area contributed by atoms with Crippen molar-refractivity contribution in [1.82, 2.24) is 0 Å². The number of hydrogen-bond acceptors (Lipinski definition) is 4. The van der Waals surface area contributed by atoms with E-state index in [9.17, 15) is 22.8 Å². The molecular weight excluding hydrogens is 517 g/mol. The molecule has 0 radical (unpaired) electrons. The molecule has 0 heterocycles. The minimum Gasteiger partial charge on any atom is -0.423 e. The maximum absolute atomic E-state index is 14.5. The minimum atomic E-state index is -4.65. The van der Waals surface area contributed by atoms with Gasteiger partial charge < -0.3 is 9.47 Å². The van der Waals surface area contributed by atoms with E-state index in [2.05, 4.69) is 0 Å². The average molecular weight is 547 g/mol. The lowest BCUT2D eigenvalue weighted by Gasteiger charge is -2.33. The first kappa shape index (κ1) is 28.6. The molecule has 0 unspecified atom stereocenters. The quantitative estimate of drug-likeness (QED) is 0.165. The number of benzene rings is 4. The van der Waals surface area contributed by atoms with E-state index in [-0.39, 0.29) is 22.6 Å². The van der Waals surface area contributed by atoms with Crippen molar-refractivity contribution in [3.63, 3.8) is 0 Å². The fourth-order valence-electron chi connectivity index (χ4n) is 4.29. The van der Waals surface area contributed by atoms with Crippen LogP contribution >= 0.6 is 0 Å². The molecule has 0 aliphatic carbocycles. The van der Waals surface area contributed by atoms with Crippen LogP contribution in [0.4, 0.5) is 13.2 Å². The Kier molecular flexibility index (Phi) is 8.43. The summed E-state index contributed by atoms with van der Waals surface area (Å²) in [5.41, 5.74) is 0.394. The minimum absolute atomic E-state index is 0.0344. The average Bonchev–Trinajstić information content (AvgIpc) is 2.97. The van der Waals surface area contributed by atoms with Gasteiger partial charge in [-0.1, -0.05) is 62.4 Å². The van der Waals surface area contributed by atoms with Gasteiger partial charge in [0.2, 0.25) is 0 Å². The first-order valence-electron chi connectivity index (χ1n) is 12.9. The lowest BCUT2D eigenvalue weighted by Crippen LogP contribution is -2.40. The summed E-state index contributed by atoms with van der Waals surface area (Å²) in [5, 5.41) is 0. The molecule has 7 heteroatoms. The highest BCUT2D eigenvalue weighted by atomic mass is 19.4. The predicted octanol–water partition coefficient (Wildman–Crippen LogP) is 8.12. The number of carbonyl (C=O) groups excluding carboxylic acids is 2. The van der Waals surface area contributed by atoms with Crippen molar-refractivity contribution in [3.8, 4) is 11.5 Å². The van der Waals surface area contributed by atoms with E-state index in [1.54, 1.807) is 24.3 Å². The summed E-state index contributed by atoms with van der Waals surface area (Å²) in [6, 6.07) is 24.5. The SMILES string of the molecule is CCc1ccc(C(=O)Oc2ccc(C(C)(c3ccc(OC(=O)c4ccc(CC)cc4)cc3)C(F)(F)F)cc2)cc1. The van der Waals surface area contributed by atoms with Crippen LogP contribution in [-0.2, 0) is 18.3 Å². The van der Waals surface area contributed by atoms with Crippen LogP contribution in [0.5, 0.6) is 11.5 Å². The Morgan fingerprint density at radius 3 is 1.18 bits per heavy atom. The molecular formula is C33H29F3O4. The third-order valence-corrected chi connectivity index (χ3v) is 7.05. The monoisotopic (exact) mass is 546 g/mol. The fraction of sp³-hybridized carbons (Fsp3) is 0.212. The van der Waals surface area contributed by atoms with Gasteiger partial charge in [0.25, 0.3) is 0 Å². The molecule has 4 nitrogen and oxygen atoms in total. The molecule has 0 saturated heterocycles. The van der Waals surface area contributed by atoms with Crippen LogP contribution in [-0.4, -0.2) is 18.1 Å². The van der Waals surface area contributed by atoms with Crippen molar-refractivity contribution in [2.75, 3.05) is 0 Å². The summed E-state index contributed by atoms with van der Waals surface area (Å²) in [5.74, 6) is -0.931. The molecule has 4 aromatic rings. The second-order valence-electron chi connectivity index (χ2n) is 9.55. The van der Waals surface area contributed by atoms with Gasteiger partial charge in [0.15, 0.2) is 0 Å². The molecule has 0 amide bonds. The highest BCUT2D eigenvalue weighted by Crippen LogP contribution is 2.46. The third-order valence-electron chi connectivity index (χ3n) is 7.05. The first-order chi connectivity index (χ1) is 19.0. The number of aryl methyl sites for hydroxylation is 2. The Hall–Kier alpha value is -4.39. The van der Waals surface area contributed by atoms with E-state index in [0.29, 0.717) is 11.1 Å². The molecule has 0 bridgehead atoms. The van der Waals surface area contributed by atoms with Crippen LogP contribution in [0.15, 0.2) is 97.1 Å². The van der Waals surface area contributed by atoms with Crippen molar-refractivity contribution in [2.45, 2.75) is 45.2 Å². The smallest absolute Gasteiger partial charge is 0.402 e. The van der Waals surface area contributed by atoms with E-state index in [4.69, 9.17) is 9.47 Å². The number of esters is 2. The number of halogens is 3. The zero-order chi connectivity index (χ0) is 28.9. The third kappa shape index (κ3) is 6.09. The van der Waals surface area contributed by atoms with Crippen molar-refractivity contribution in [2.24, 2.45) is 0 Å². The van der Waals surface area contributed by atoms with Gasteiger partial charge in [-0.25, -0.2) is 9.59 Å². The summed E-state index contributed by atoms with van der Waals surface area (Å²) in [4.78, 5) is 24.9. The highest BCUT2D eigenvalue weighted by Gasteiger charge is 2.53. The maximum Gasteiger partial charge on any atom is 0.402 e. The number of hydrogen-bond donors (Lipinski definition) is 0. The van der Waals surface area contributed by atoms with E-state index >= 15 is 0 Å². The highest BCUT2D eigenvalue weighted by molar-refractivity contribution is 5.91. The zero-order valence-electron chi connectivity index (χ0n) is 22.4. The number of alkyl halides is 3. The second kappa shape index (κ2) is 11.8. The molecule has 0 aliphatic heterocycles. The predicted molar refractivity (Wildman–Crippen MR) is 147 cm³/mol. The Morgan fingerprint density at radius 2 is 0.900 bits per heavy atom. The van der Waals surface area contributed by atoms with E-state index in [1.807, 2.05) is 38.1 Å². The molecule has 206 valence electrons. The number of ether oxygens (including phenoxy) is 2. The Balaban J connectivity index is 1.52. The van der Waals surface area contributed by atoms with Crippen LogP contribution in [0, 0.1) is 0 Å². The standard InChI is InChI=1S/C33H29F3O4/c1-4-22-6-10-24(11-7-22)30(37)39-28-18-14-26(15-19-28)32(3,33(34,35)36)27-16-20-29(21-17-27)40-31(38)25-12-8-23(5-2)9-13-25/h6-21H,4-5H2,1-3H3. The van der Waals surface area contributed by atoms with Gasteiger partial charge in [0, 0.05) is 0 Å². The zero-order valence-corrected chi connectivity index (χ0v) is 22.4. The lowest BCUT2D eigenvalue weighted by atomic mass is 9.75. The van der Waals surface area contributed by atoms with Gasteiger partial charge in [-0.15, -0.1) is 0 Å². The number of rotatable bonds is 8. The largest absolute Gasteiger partial charge is 0.423 e. The fourth-order valence-corrected chi connectivity index (χ4v) is 4.29. The second-order valence-corrected chi connectivity index (χ2v) is 9.55. The summed E-state index contributed by atoms with van der Waals surface area (Å²) in [6.45, 7) is 5.08. The molecule has 0 aliphatic rings. The number of carbonyl (C=O) groups is 2.